The normalized spacial score (nSPS) is 26.5. The van der Waals surface area contributed by atoms with Crippen LogP contribution in [0.25, 0.3) is 0 Å². The molecule has 2 fully saturated rings. The molecule has 2 aliphatic rings. The molecule has 4 amide bonds. The van der Waals surface area contributed by atoms with Gasteiger partial charge in [0.15, 0.2) is 0 Å². The summed E-state index contributed by atoms with van der Waals surface area (Å²) in [5.74, 6) is -1.03. The first-order valence-corrected chi connectivity index (χ1v) is 9.55. The van der Waals surface area contributed by atoms with Gasteiger partial charge in [0.1, 0.15) is 11.6 Å². The lowest BCUT2D eigenvalue weighted by Gasteiger charge is -2.22. The Kier molecular flexibility index (Phi) is 4.99. The van der Waals surface area contributed by atoms with E-state index in [-0.39, 0.29) is 6.04 Å². The Morgan fingerprint density at radius 1 is 1.14 bits per heavy atom. The third-order valence-electron chi connectivity index (χ3n) is 5.23. The Balaban J connectivity index is 1.44. The molecule has 0 aromatic heterocycles. The van der Waals surface area contributed by atoms with Gasteiger partial charge in [-0.2, -0.15) is 5.01 Å². The van der Waals surface area contributed by atoms with Crippen LogP contribution in [-0.2, 0) is 15.1 Å². The Bertz CT molecular complexity index is 970. The van der Waals surface area contributed by atoms with Crippen molar-refractivity contribution in [3.05, 3.63) is 70.7 Å². The lowest BCUT2D eigenvalue weighted by molar-refractivity contribution is -0.139. The quantitative estimate of drug-likeness (QED) is 0.572. The molecule has 0 bridgehead atoms. The summed E-state index contributed by atoms with van der Waals surface area (Å²) in [5.41, 5.74) is 8.72. The van der Waals surface area contributed by atoms with E-state index in [0.717, 1.165) is 10.6 Å². The van der Waals surface area contributed by atoms with Crippen molar-refractivity contribution in [3.63, 3.8) is 0 Å². The van der Waals surface area contributed by atoms with Crippen molar-refractivity contribution < 1.29 is 14.4 Å². The van der Waals surface area contributed by atoms with Gasteiger partial charge in [0.25, 0.3) is 11.8 Å². The number of carbonyl (C=O) groups excluding carboxylic acids is 3. The third kappa shape index (κ3) is 3.57. The minimum absolute atomic E-state index is 0.123. The molecule has 2 aromatic carbocycles. The first kappa shape index (κ1) is 19.4. The average Bonchev–Trinajstić information content (AvgIpc) is 3.29. The number of carbonyl (C=O) groups is 3. The molecule has 2 aromatic rings. The van der Waals surface area contributed by atoms with Crippen molar-refractivity contribution in [1.82, 2.24) is 26.6 Å². The fourth-order valence-electron chi connectivity index (χ4n) is 3.57. The van der Waals surface area contributed by atoms with Gasteiger partial charge in [0.05, 0.1) is 0 Å². The summed E-state index contributed by atoms with van der Waals surface area (Å²) >= 11 is 6.03. The van der Waals surface area contributed by atoms with Crippen LogP contribution in [0.3, 0.4) is 0 Å². The van der Waals surface area contributed by atoms with Crippen LogP contribution in [0.2, 0.25) is 5.02 Å². The van der Waals surface area contributed by atoms with Gasteiger partial charge in [-0.1, -0.05) is 54.1 Å². The van der Waals surface area contributed by atoms with Crippen LogP contribution < -0.4 is 21.6 Å². The number of benzene rings is 2. The number of hydrogen-bond acceptors (Lipinski definition) is 5. The van der Waals surface area contributed by atoms with Gasteiger partial charge >= 0.3 is 6.03 Å². The summed E-state index contributed by atoms with van der Waals surface area (Å²) in [5, 5.41) is 4.00. The molecule has 4 rings (SSSR count). The van der Waals surface area contributed by atoms with E-state index >= 15 is 0 Å². The second kappa shape index (κ2) is 7.47. The van der Waals surface area contributed by atoms with E-state index in [1.165, 1.54) is 0 Å². The molecule has 0 spiro atoms. The lowest BCUT2D eigenvalue weighted by atomic mass is 9.92. The van der Waals surface area contributed by atoms with Gasteiger partial charge in [-0.25, -0.2) is 15.6 Å². The lowest BCUT2D eigenvalue weighted by Crippen LogP contribution is -2.53. The van der Waals surface area contributed by atoms with E-state index in [1.807, 2.05) is 24.3 Å². The summed E-state index contributed by atoms with van der Waals surface area (Å²) in [7, 11) is 0. The summed E-state index contributed by atoms with van der Waals surface area (Å²) in [6, 6.07) is 14.8. The predicted octanol–water partition coefficient (Wildman–Crippen LogP) is 1.75. The zero-order valence-electron chi connectivity index (χ0n) is 15.6. The van der Waals surface area contributed by atoms with Crippen LogP contribution in [0.4, 0.5) is 4.79 Å². The number of nitrogens with one attached hydrogen (secondary N) is 4. The highest BCUT2D eigenvalue weighted by Gasteiger charge is 2.50. The topological polar surface area (TPSA) is 103 Å². The van der Waals surface area contributed by atoms with Gasteiger partial charge in [0, 0.05) is 11.1 Å². The van der Waals surface area contributed by atoms with Gasteiger partial charge in [-0.15, -0.1) is 0 Å². The van der Waals surface area contributed by atoms with E-state index in [9.17, 15) is 14.4 Å². The van der Waals surface area contributed by atoms with Crippen LogP contribution in [0.1, 0.15) is 30.5 Å². The van der Waals surface area contributed by atoms with Crippen LogP contribution >= 0.6 is 11.6 Å². The molecule has 2 saturated heterocycles. The first-order chi connectivity index (χ1) is 13.9. The fourth-order valence-corrected chi connectivity index (χ4v) is 3.76. The molecule has 9 heteroatoms. The van der Waals surface area contributed by atoms with Crippen molar-refractivity contribution in [1.29, 1.82) is 0 Å². The minimum atomic E-state index is -1.24. The molecule has 2 heterocycles. The molecular formula is C20H20ClN5O3. The van der Waals surface area contributed by atoms with Crippen LogP contribution in [0.15, 0.2) is 54.6 Å². The Hall–Kier alpha value is -2.94. The molecule has 0 saturated carbocycles. The molecule has 0 aliphatic carbocycles. The zero-order chi connectivity index (χ0) is 20.6. The monoisotopic (exact) mass is 413 g/mol. The van der Waals surface area contributed by atoms with Crippen molar-refractivity contribution in [2.24, 2.45) is 0 Å². The second-order valence-corrected chi connectivity index (χ2v) is 7.66. The Morgan fingerprint density at radius 3 is 2.62 bits per heavy atom. The standard InChI is InChI=1S/C20H20ClN5O3/c1-20(13-7-3-2-4-8-13)18(28)26(19(29)22-20)25-17(27)16-11-15(23-24-16)12-6-5-9-14(21)10-12/h2-10,15-16,23-24H,11H2,1H3,(H,22,29)(H,25,27). The van der Waals surface area contributed by atoms with Crippen molar-refractivity contribution in [2.75, 3.05) is 0 Å². The number of hydrogen-bond donors (Lipinski definition) is 4. The van der Waals surface area contributed by atoms with Crippen LogP contribution in [0, 0.1) is 0 Å². The maximum atomic E-state index is 12.9. The van der Waals surface area contributed by atoms with Gasteiger partial charge < -0.3 is 5.32 Å². The summed E-state index contributed by atoms with van der Waals surface area (Å²) in [4.78, 5) is 37.9. The third-order valence-corrected chi connectivity index (χ3v) is 5.47. The number of amides is 4. The van der Waals surface area contributed by atoms with Gasteiger partial charge in [-0.05, 0) is 36.6 Å². The molecule has 29 heavy (non-hydrogen) atoms. The maximum absolute atomic E-state index is 12.9. The van der Waals surface area contributed by atoms with Crippen LogP contribution in [0.5, 0.6) is 0 Å². The second-order valence-electron chi connectivity index (χ2n) is 7.22. The number of imide groups is 1. The smallest absolute Gasteiger partial charge is 0.318 e. The van der Waals surface area contributed by atoms with E-state index < -0.39 is 29.4 Å². The SMILES string of the molecule is CC1(c2ccccc2)NC(=O)N(NC(=O)C2CC(c3cccc(Cl)c3)NN2)C1=O. The van der Waals surface area contributed by atoms with E-state index in [1.54, 1.807) is 37.3 Å². The van der Waals surface area contributed by atoms with E-state index in [4.69, 9.17) is 11.6 Å². The fraction of sp³-hybridized carbons (Fsp3) is 0.250. The zero-order valence-corrected chi connectivity index (χ0v) is 16.4. The molecule has 2 aliphatic heterocycles. The molecule has 0 radical (unpaired) electrons. The van der Waals surface area contributed by atoms with Gasteiger partial charge in [0.2, 0.25) is 0 Å². The molecule has 3 atom stereocenters. The number of halogens is 1. The first-order valence-electron chi connectivity index (χ1n) is 9.18. The number of urea groups is 1. The van der Waals surface area contributed by atoms with E-state index in [0.29, 0.717) is 17.0 Å². The summed E-state index contributed by atoms with van der Waals surface area (Å²) in [6.07, 6.45) is 0.436. The molecule has 150 valence electrons. The number of hydrazine groups is 2. The predicted molar refractivity (Wildman–Crippen MR) is 106 cm³/mol. The average molecular weight is 414 g/mol. The largest absolute Gasteiger partial charge is 0.344 e. The Morgan fingerprint density at radius 2 is 1.90 bits per heavy atom. The molecule has 3 unspecified atom stereocenters. The minimum Gasteiger partial charge on any atom is -0.318 e. The number of nitrogens with zero attached hydrogens (tertiary/aromatic N) is 1. The maximum Gasteiger partial charge on any atom is 0.344 e. The van der Waals surface area contributed by atoms with Crippen molar-refractivity contribution in [2.45, 2.75) is 31.0 Å². The summed E-state index contributed by atoms with van der Waals surface area (Å²) in [6.45, 7) is 1.61. The molecular weight excluding hydrogens is 394 g/mol. The highest BCUT2D eigenvalue weighted by Crippen LogP contribution is 2.28. The molecule has 8 nitrogen and oxygen atoms in total. The van der Waals surface area contributed by atoms with Crippen LogP contribution in [-0.4, -0.2) is 28.9 Å². The molecule has 4 N–H and O–H groups in total. The van der Waals surface area contributed by atoms with Crippen molar-refractivity contribution >= 4 is 29.4 Å². The highest BCUT2D eigenvalue weighted by atomic mass is 35.5. The van der Waals surface area contributed by atoms with Gasteiger partial charge in [-0.3, -0.25) is 15.0 Å². The highest BCUT2D eigenvalue weighted by molar-refractivity contribution is 6.30. The summed E-state index contributed by atoms with van der Waals surface area (Å²) < 4.78 is 0. The Labute approximate surface area is 172 Å². The van der Waals surface area contributed by atoms with E-state index in [2.05, 4.69) is 21.6 Å². The number of rotatable bonds is 4. The van der Waals surface area contributed by atoms with Crippen molar-refractivity contribution in [3.8, 4) is 0 Å².